The maximum absolute atomic E-state index is 13.1. The Balaban J connectivity index is 1.76. The Bertz CT molecular complexity index is 977. The summed E-state index contributed by atoms with van der Waals surface area (Å²) in [6, 6.07) is 16.0. The van der Waals surface area contributed by atoms with Gasteiger partial charge in [-0.05, 0) is 55.0 Å². The lowest BCUT2D eigenvalue weighted by Gasteiger charge is -2.10. The highest BCUT2D eigenvalue weighted by molar-refractivity contribution is 7.92. The summed E-state index contributed by atoms with van der Waals surface area (Å²) in [4.78, 5) is -0.0119. The SMILES string of the molecule is Cc1cc(F)ccc1S(=O)(=O)Nc1ccc(Nc2ccccc2)nn1. The van der Waals surface area contributed by atoms with Gasteiger partial charge in [-0.25, -0.2) is 12.8 Å². The second-order valence-electron chi connectivity index (χ2n) is 5.31. The number of hydrogen-bond acceptors (Lipinski definition) is 5. The zero-order chi connectivity index (χ0) is 17.9. The first-order valence-corrected chi connectivity index (χ1v) is 8.87. The molecule has 0 amide bonds. The van der Waals surface area contributed by atoms with Crippen LogP contribution in [0.5, 0.6) is 0 Å². The summed E-state index contributed by atoms with van der Waals surface area (Å²) in [6.45, 7) is 1.52. The quantitative estimate of drug-likeness (QED) is 0.730. The molecule has 0 spiro atoms. The minimum atomic E-state index is -3.87. The van der Waals surface area contributed by atoms with E-state index in [2.05, 4.69) is 20.2 Å². The molecule has 128 valence electrons. The monoisotopic (exact) mass is 358 g/mol. The molecule has 0 fully saturated rings. The third-order valence-electron chi connectivity index (χ3n) is 3.38. The molecule has 0 saturated carbocycles. The Labute approximate surface area is 144 Å². The number of aryl methyl sites for hydroxylation is 1. The van der Waals surface area contributed by atoms with Crippen molar-refractivity contribution in [3.8, 4) is 0 Å². The Morgan fingerprint density at radius 3 is 2.24 bits per heavy atom. The van der Waals surface area contributed by atoms with Gasteiger partial charge in [0.1, 0.15) is 5.82 Å². The molecule has 0 unspecified atom stereocenters. The number of aromatic nitrogens is 2. The molecular weight excluding hydrogens is 343 g/mol. The first kappa shape index (κ1) is 16.8. The number of rotatable bonds is 5. The first-order valence-electron chi connectivity index (χ1n) is 7.39. The zero-order valence-corrected chi connectivity index (χ0v) is 14.1. The summed E-state index contributed by atoms with van der Waals surface area (Å²) in [5, 5.41) is 10.8. The average molecular weight is 358 g/mol. The normalized spacial score (nSPS) is 11.1. The average Bonchev–Trinajstić information content (AvgIpc) is 2.57. The van der Waals surface area contributed by atoms with Gasteiger partial charge in [-0.15, -0.1) is 10.2 Å². The van der Waals surface area contributed by atoms with Crippen LogP contribution in [0.15, 0.2) is 65.6 Å². The van der Waals surface area contributed by atoms with E-state index in [4.69, 9.17) is 0 Å². The second kappa shape index (κ2) is 6.86. The summed E-state index contributed by atoms with van der Waals surface area (Å²) >= 11 is 0. The molecule has 8 heteroatoms. The van der Waals surface area contributed by atoms with Gasteiger partial charge in [-0.2, -0.15) is 0 Å². The third-order valence-corrected chi connectivity index (χ3v) is 4.89. The number of sulfonamides is 1. The molecule has 2 aromatic carbocycles. The van der Waals surface area contributed by atoms with E-state index in [0.29, 0.717) is 11.4 Å². The van der Waals surface area contributed by atoms with Crippen molar-refractivity contribution in [1.29, 1.82) is 0 Å². The van der Waals surface area contributed by atoms with E-state index in [1.807, 2.05) is 30.3 Å². The smallest absolute Gasteiger partial charge is 0.263 e. The summed E-state index contributed by atoms with van der Waals surface area (Å²) in [5.74, 6) is 0.0574. The lowest BCUT2D eigenvalue weighted by molar-refractivity contribution is 0.598. The molecule has 0 aliphatic rings. The van der Waals surface area contributed by atoms with Crippen molar-refractivity contribution in [3.63, 3.8) is 0 Å². The Kier molecular flexibility index (Phi) is 4.62. The number of halogens is 1. The maximum atomic E-state index is 13.1. The molecular formula is C17H15FN4O2S. The molecule has 0 saturated heterocycles. The van der Waals surface area contributed by atoms with Crippen molar-refractivity contribution in [2.24, 2.45) is 0 Å². The number of hydrogen-bond donors (Lipinski definition) is 2. The molecule has 0 aliphatic heterocycles. The fourth-order valence-corrected chi connectivity index (χ4v) is 3.45. The number of nitrogens with zero attached hydrogens (tertiary/aromatic N) is 2. The van der Waals surface area contributed by atoms with E-state index in [0.717, 1.165) is 17.8 Å². The van der Waals surface area contributed by atoms with E-state index in [9.17, 15) is 12.8 Å². The predicted molar refractivity (Wildman–Crippen MR) is 93.7 cm³/mol. The van der Waals surface area contributed by atoms with E-state index < -0.39 is 15.8 Å². The van der Waals surface area contributed by atoms with Gasteiger partial charge in [-0.1, -0.05) is 18.2 Å². The summed E-state index contributed by atoms with van der Waals surface area (Å²) in [7, 11) is -3.87. The highest BCUT2D eigenvalue weighted by Gasteiger charge is 2.18. The van der Waals surface area contributed by atoms with Crippen molar-refractivity contribution in [2.75, 3.05) is 10.0 Å². The van der Waals surface area contributed by atoms with Gasteiger partial charge in [-0.3, -0.25) is 4.72 Å². The van der Waals surface area contributed by atoms with Crippen LogP contribution in [0.25, 0.3) is 0 Å². The summed E-state index contributed by atoms with van der Waals surface area (Å²) in [5.41, 5.74) is 1.15. The molecule has 1 heterocycles. The molecule has 1 aromatic heterocycles. The van der Waals surface area contributed by atoms with Gasteiger partial charge < -0.3 is 5.32 Å². The van der Waals surface area contributed by atoms with Crippen molar-refractivity contribution in [2.45, 2.75) is 11.8 Å². The fourth-order valence-electron chi connectivity index (χ4n) is 2.23. The standard InChI is InChI=1S/C17H15FN4O2S/c1-12-11-13(18)7-8-15(12)25(23,24)22-17-10-9-16(20-21-17)19-14-5-3-2-4-6-14/h2-11H,1H3,(H,19,20)(H,21,22). The van der Waals surface area contributed by atoms with Gasteiger partial charge in [0, 0.05) is 5.69 Å². The molecule has 6 nitrogen and oxygen atoms in total. The van der Waals surface area contributed by atoms with Crippen LogP contribution in [0.4, 0.5) is 21.7 Å². The molecule has 0 atom stereocenters. The first-order chi connectivity index (χ1) is 11.9. The van der Waals surface area contributed by atoms with Crippen LogP contribution in [0.1, 0.15) is 5.56 Å². The van der Waals surface area contributed by atoms with Gasteiger partial charge in [0.05, 0.1) is 4.90 Å². The van der Waals surface area contributed by atoms with Crippen molar-refractivity contribution in [3.05, 3.63) is 72.0 Å². The third kappa shape index (κ3) is 4.10. The molecule has 0 aliphatic carbocycles. The van der Waals surface area contributed by atoms with Crippen molar-refractivity contribution >= 4 is 27.3 Å². The molecule has 25 heavy (non-hydrogen) atoms. The van der Waals surface area contributed by atoms with E-state index in [1.165, 1.54) is 19.1 Å². The lowest BCUT2D eigenvalue weighted by atomic mass is 10.2. The highest BCUT2D eigenvalue weighted by Crippen LogP contribution is 2.20. The Morgan fingerprint density at radius 2 is 1.60 bits per heavy atom. The number of benzene rings is 2. The highest BCUT2D eigenvalue weighted by atomic mass is 32.2. The number of para-hydroxylation sites is 1. The largest absolute Gasteiger partial charge is 0.339 e. The predicted octanol–water partition coefficient (Wildman–Crippen LogP) is 3.47. The lowest BCUT2D eigenvalue weighted by Crippen LogP contribution is -2.15. The van der Waals surface area contributed by atoms with Crippen LogP contribution in [0, 0.1) is 12.7 Å². The van der Waals surface area contributed by atoms with Crippen molar-refractivity contribution < 1.29 is 12.8 Å². The van der Waals surface area contributed by atoms with Crippen LogP contribution in [-0.2, 0) is 10.0 Å². The minimum Gasteiger partial charge on any atom is -0.339 e. The van der Waals surface area contributed by atoms with Crippen LogP contribution >= 0.6 is 0 Å². The Hall–Kier alpha value is -3.00. The summed E-state index contributed by atoms with van der Waals surface area (Å²) < 4.78 is 40.3. The van der Waals surface area contributed by atoms with Crippen LogP contribution in [0.2, 0.25) is 0 Å². The van der Waals surface area contributed by atoms with Gasteiger partial charge >= 0.3 is 0 Å². The van der Waals surface area contributed by atoms with E-state index in [-0.39, 0.29) is 10.7 Å². The Morgan fingerprint density at radius 1 is 0.920 bits per heavy atom. The van der Waals surface area contributed by atoms with Gasteiger partial charge in [0.15, 0.2) is 11.6 Å². The van der Waals surface area contributed by atoms with E-state index in [1.54, 1.807) is 6.07 Å². The topological polar surface area (TPSA) is 84.0 Å². The molecule has 0 radical (unpaired) electrons. The van der Waals surface area contributed by atoms with Crippen molar-refractivity contribution in [1.82, 2.24) is 10.2 Å². The van der Waals surface area contributed by atoms with Crippen LogP contribution in [-0.4, -0.2) is 18.6 Å². The molecule has 3 aromatic rings. The second-order valence-corrected chi connectivity index (χ2v) is 6.96. The maximum Gasteiger partial charge on any atom is 0.263 e. The van der Waals surface area contributed by atoms with Crippen LogP contribution < -0.4 is 10.0 Å². The van der Waals surface area contributed by atoms with Gasteiger partial charge in [0.2, 0.25) is 0 Å². The van der Waals surface area contributed by atoms with E-state index >= 15 is 0 Å². The minimum absolute atomic E-state index is 0.0119. The zero-order valence-electron chi connectivity index (χ0n) is 13.3. The molecule has 3 rings (SSSR count). The number of nitrogens with one attached hydrogen (secondary N) is 2. The number of anilines is 3. The van der Waals surface area contributed by atoms with Gasteiger partial charge in [0.25, 0.3) is 10.0 Å². The fraction of sp³-hybridized carbons (Fsp3) is 0.0588. The summed E-state index contributed by atoms with van der Waals surface area (Å²) in [6.07, 6.45) is 0. The molecule has 2 N–H and O–H groups in total. The molecule has 0 bridgehead atoms. The van der Waals surface area contributed by atoms with Crippen LogP contribution in [0.3, 0.4) is 0 Å².